The van der Waals surface area contributed by atoms with E-state index in [4.69, 9.17) is 5.73 Å². The summed E-state index contributed by atoms with van der Waals surface area (Å²) in [6, 6.07) is 0. The van der Waals surface area contributed by atoms with Crippen molar-refractivity contribution in [1.29, 1.82) is 0 Å². The Morgan fingerprint density at radius 1 is 1.46 bits per heavy atom. The molecule has 13 heavy (non-hydrogen) atoms. The molecule has 0 saturated heterocycles. The first kappa shape index (κ1) is 8.62. The number of hydrogen-bond donors (Lipinski definition) is 1. The van der Waals surface area contributed by atoms with Crippen molar-refractivity contribution in [1.82, 2.24) is 20.2 Å². The highest BCUT2D eigenvalue weighted by atomic mass is 15.5. The van der Waals surface area contributed by atoms with E-state index in [2.05, 4.69) is 15.5 Å². The van der Waals surface area contributed by atoms with Crippen molar-refractivity contribution >= 4 is 0 Å². The van der Waals surface area contributed by atoms with Crippen LogP contribution in [0.15, 0.2) is 0 Å². The number of rotatable bonds is 4. The van der Waals surface area contributed by atoms with Crippen LogP contribution in [0.1, 0.15) is 31.5 Å². The molecule has 1 aromatic heterocycles. The van der Waals surface area contributed by atoms with Gasteiger partial charge in [0.25, 0.3) is 0 Å². The van der Waals surface area contributed by atoms with Crippen LogP contribution in [0.4, 0.5) is 0 Å². The third kappa shape index (κ3) is 1.85. The minimum absolute atomic E-state index is 0.428. The minimum Gasteiger partial charge on any atom is -0.324 e. The molecular formula is C8H15N5. The Labute approximate surface area is 77.3 Å². The average Bonchev–Trinajstić information content (AvgIpc) is 2.49. The van der Waals surface area contributed by atoms with Crippen molar-refractivity contribution in [2.45, 2.75) is 38.8 Å². The van der Waals surface area contributed by atoms with Crippen LogP contribution >= 0.6 is 0 Å². The average molecular weight is 181 g/mol. The second-order valence-corrected chi connectivity index (χ2v) is 3.61. The highest BCUT2D eigenvalue weighted by Gasteiger charge is 2.17. The maximum atomic E-state index is 5.48. The van der Waals surface area contributed by atoms with Gasteiger partial charge in [0.1, 0.15) is 0 Å². The maximum Gasteiger partial charge on any atom is 0.164 e. The number of aromatic nitrogens is 4. The van der Waals surface area contributed by atoms with E-state index in [0.717, 1.165) is 18.3 Å². The molecule has 0 radical (unpaired) electrons. The normalized spacial score (nSPS) is 17.3. The van der Waals surface area contributed by atoms with E-state index >= 15 is 0 Å². The number of nitrogens with zero attached hydrogens (tertiary/aromatic N) is 4. The molecule has 0 aromatic carbocycles. The van der Waals surface area contributed by atoms with E-state index in [0.29, 0.717) is 6.54 Å². The number of tetrazole rings is 1. The first-order chi connectivity index (χ1) is 6.40. The predicted octanol–water partition coefficient (Wildman–Crippen LogP) is 0.322. The van der Waals surface area contributed by atoms with Gasteiger partial charge in [-0.2, -0.15) is 0 Å². The highest BCUT2D eigenvalue weighted by Crippen LogP contribution is 2.29. The molecular weight excluding hydrogens is 166 g/mol. The van der Waals surface area contributed by atoms with E-state index in [1.807, 2.05) is 4.68 Å². The van der Waals surface area contributed by atoms with E-state index in [1.165, 1.54) is 25.7 Å². The van der Waals surface area contributed by atoms with Crippen molar-refractivity contribution < 1.29 is 0 Å². The Morgan fingerprint density at radius 2 is 2.31 bits per heavy atom. The Balaban J connectivity index is 1.85. The Morgan fingerprint density at radius 3 is 2.92 bits per heavy atom. The smallest absolute Gasteiger partial charge is 0.164 e. The lowest BCUT2D eigenvalue weighted by Gasteiger charge is -2.24. The van der Waals surface area contributed by atoms with E-state index in [1.54, 1.807) is 0 Å². The van der Waals surface area contributed by atoms with Gasteiger partial charge in [-0.3, -0.25) is 0 Å². The molecule has 1 aromatic rings. The summed E-state index contributed by atoms with van der Waals surface area (Å²) in [7, 11) is 0. The quantitative estimate of drug-likeness (QED) is 0.726. The van der Waals surface area contributed by atoms with Crippen LogP contribution in [0.5, 0.6) is 0 Å². The zero-order valence-corrected chi connectivity index (χ0v) is 7.69. The molecule has 0 bridgehead atoms. The summed E-state index contributed by atoms with van der Waals surface area (Å²) in [6.45, 7) is 1.35. The molecule has 2 rings (SSSR count). The van der Waals surface area contributed by atoms with Gasteiger partial charge in [-0.15, -0.1) is 5.10 Å². The van der Waals surface area contributed by atoms with Crippen molar-refractivity contribution in [3.8, 4) is 0 Å². The number of nitrogens with two attached hydrogens (primary N) is 1. The molecule has 72 valence electrons. The Hall–Kier alpha value is -0.970. The fraction of sp³-hybridized carbons (Fsp3) is 0.875. The van der Waals surface area contributed by atoms with Crippen LogP contribution < -0.4 is 5.73 Å². The third-order valence-corrected chi connectivity index (χ3v) is 2.76. The topological polar surface area (TPSA) is 69.6 Å². The van der Waals surface area contributed by atoms with Gasteiger partial charge in [0, 0.05) is 6.54 Å². The molecule has 0 spiro atoms. The number of aryl methyl sites for hydroxylation is 1. The Bertz CT molecular complexity index is 265. The summed E-state index contributed by atoms with van der Waals surface area (Å²) in [5.74, 6) is 1.69. The second kappa shape index (κ2) is 3.83. The molecule has 0 atom stereocenters. The summed E-state index contributed by atoms with van der Waals surface area (Å²) < 4.78 is 1.82. The monoisotopic (exact) mass is 181 g/mol. The molecule has 5 nitrogen and oxygen atoms in total. The fourth-order valence-corrected chi connectivity index (χ4v) is 1.63. The van der Waals surface area contributed by atoms with Crippen molar-refractivity contribution in [3.05, 3.63) is 5.82 Å². The van der Waals surface area contributed by atoms with Gasteiger partial charge in [-0.1, -0.05) is 19.3 Å². The molecule has 1 saturated carbocycles. The SMILES string of the molecule is NCc1nnnn1CCC1CCC1. The molecule has 0 amide bonds. The molecule has 5 heteroatoms. The zero-order valence-electron chi connectivity index (χ0n) is 7.69. The molecule has 0 aliphatic heterocycles. The van der Waals surface area contributed by atoms with Gasteiger partial charge < -0.3 is 5.73 Å². The van der Waals surface area contributed by atoms with Crippen molar-refractivity contribution in [2.24, 2.45) is 11.7 Å². The molecule has 0 unspecified atom stereocenters. The first-order valence-electron chi connectivity index (χ1n) is 4.85. The predicted molar refractivity (Wildman–Crippen MR) is 47.7 cm³/mol. The molecule has 1 aliphatic rings. The maximum absolute atomic E-state index is 5.48. The number of hydrogen-bond acceptors (Lipinski definition) is 4. The lowest BCUT2D eigenvalue weighted by molar-refractivity contribution is 0.275. The van der Waals surface area contributed by atoms with Crippen LogP contribution in [-0.2, 0) is 13.1 Å². The minimum atomic E-state index is 0.428. The van der Waals surface area contributed by atoms with E-state index < -0.39 is 0 Å². The van der Waals surface area contributed by atoms with Gasteiger partial charge in [-0.05, 0) is 22.8 Å². The van der Waals surface area contributed by atoms with Crippen LogP contribution in [0, 0.1) is 5.92 Å². The molecule has 1 aliphatic carbocycles. The van der Waals surface area contributed by atoms with Crippen LogP contribution in [0.2, 0.25) is 0 Å². The molecule has 2 N–H and O–H groups in total. The van der Waals surface area contributed by atoms with E-state index in [-0.39, 0.29) is 0 Å². The first-order valence-corrected chi connectivity index (χ1v) is 4.85. The van der Waals surface area contributed by atoms with Gasteiger partial charge in [0.05, 0.1) is 6.54 Å². The summed E-state index contributed by atoms with van der Waals surface area (Å²) in [5, 5.41) is 11.3. The lowest BCUT2D eigenvalue weighted by atomic mass is 9.83. The third-order valence-electron chi connectivity index (χ3n) is 2.76. The second-order valence-electron chi connectivity index (χ2n) is 3.61. The lowest BCUT2D eigenvalue weighted by Crippen LogP contribution is -2.16. The van der Waals surface area contributed by atoms with Crippen molar-refractivity contribution in [2.75, 3.05) is 0 Å². The summed E-state index contributed by atoms with van der Waals surface area (Å²) >= 11 is 0. The van der Waals surface area contributed by atoms with Crippen LogP contribution in [-0.4, -0.2) is 20.2 Å². The molecule has 1 fully saturated rings. The van der Waals surface area contributed by atoms with Gasteiger partial charge in [-0.25, -0.2) is 4.68 Å². The largest absolute Gasteiger partial charge is 0.324 e. The standard InChI is InChI=1S/C8H15N5/c9-6-8-10-11-12-13(8)5-4-7-2-1-3-7/h7H,1-6,9H2. The summed E-state index contributed by atoms with van der Waals surface area (Å²) in [5.41, 5.74) is 5.48. The van der Waals surface area contributed by atoms with Crippen LogP contribution in [0.25, 0.3) is 0 Å². The van der Waals surface area contributed by atoms with Crippen LogP contribution in [0.3, 0.4) is 0 Å². The van der Waals surface area contributed by atoms with Gasteiger partial charge >= 0.3 is 0 Å². The highest BCUT2D eigenvalue weighted by molar-refractivity contribution is 4.79. The summed E-state index contributed by atoms with van der Waals surface area (Å²) in [4.78, 5) is 0. The summed E-state index contributed by atoms with van der Waals surface area (Å²) in [6.07, 6.45) is 5.34. The van der Waals surface area contributed by atoms with Crippen molar-refractivity contribution in [3.63, 3.8) is 0 Å². The van der Waals surface area contributed by atoms with E-state index in [9.17, 15) is 0 Å². The zero-order chi connectivity index (χ0) is 9.10. The fourth-order valence-electron chi connectivity index (χ4n) is 1.63. The van der Waals surface area contributed by atoms with Gasteiger partial charge in [0.2, 0.25) is 0 Å². The molecule has 1 heterocycles. The van der Waals surface area contributed by atoms with Gasteiger partial charge in [0.15, 0.2) is 5.82 Å². The Kier molecular flexibility index (Phi) is 2.54.